The fraction of sp³-hybridized carbons (Fsp3) is 0.545. The molecule has 1 unspecified atom stereocenters. The molecule has 2 rings (SSSR count). The molecule has 1 aromatic rings. The van der Waals surface area contributed by atoms with E-state index in [0.29, 0.717) is 24.8 Å². The number of nitrogens with one attached hydrogen (secondary N) is 1. The Labute approximate surface area is 89.5 Å². The van der Waals surface area contributed by atoms with E-state index < -0.39 is 0 Å². The third-order valence-corrected chi connectivity index (χ3v) is 3.02. The van der Waals surface area contributed by atoms with Gasteiger partial charge in [0, 0.05) is 18.8 Å². The number of Topliss-reactive ketones (excluding diaryl/α,β-unsaturated/α-hetero) is 1. The number of hydrogen-bond acceptors (Lipinski definition) is 3. The zero-order valence-electron chi connectivity index (χ0n) is 8.78. The van der Waals surface area contributed by atoms with Crippen LogP contribution in [0.1, 0.15) is 23.3 Å². The van der Waals surface area contributed by atoms with Gasteiger partial charge in [-0.05, 0) is 31.5 Å². The lowest BCUT2D eigenvalue weighted by Gasteiger charge is -2.21. The maximum atomic E-state index is 11.8. The van der Waals surface area contributed by atoms with Crippen molar-refractivity contribution in [2.24, 2.45) is 5.73 Å². The lowest BCUT2D eigenvalue weighted by atomic mass is 10.2. The number of H-pyrrole nitrogens is 1. The van der Waals surface area contributed by atoms with Gasteiger partial charge in [0.05, 0.1) is 12.2 Å². The number of hydrogen-bond donors (Lipinski definition) is 2. The van der Waals surface area contributed by atoms with Crippen LogP contribution in [0, 0.1) is 0 Å². The van der Waals surface area contributed by atoms with Gasteiger partial charge in [0.15, 0.2) is 5.78 Å². The van der Waals surface area contributed by atoms with Gasteiger partial charge in [0.1, 0.15) is 0 Å². The molecule has 0 amide bonds. The molecule has 4 heteroatoms. The van der Waals surface area contributed by atoms with Gasteiger partial charge in [0.2, 0.25) is 0 Å². The van der Waals surface area contributed by atoms with E-state index >= 15 is 0 Å². The van der Waals surface area contributed by atoms with E-state index in [1.54, 1.807) is 6.20 Å². The molecule has 0 radical (unpaired) electrons. The van der Waals surface area contributed by atoms with Gasteiger partial charge < -0.3 is 10.7 Å². The Morgan fingerprint density at radius 1 is 1.67 bits per heavy atom. The Morgan fingerprint density at radius 2 is 2.53 bits per heavy atom. The summed E-state index contributed by atoms with van der Waals surface area (Å²) in [5.74, 6) is 0.153. The van der Waals surface area contributed by atoms with E-state index in [4.69, 9.17) is 5.73 Å². The van der Waals surface area contributed by atoms with Gasteiger partial charge in [-0.25, -0.2) is 0 Å². The molecule has 1 fully saturated rings. The van der Waals surface area contributed by atoms with Gasteiger partial charge in [-0.2, -0.15) is 0 Å². The lowest BCUT2D eigenvalue weighted by Crippen LogP contribution is -2.38. The van der Waals surface area contributed by atoms with E-state index in [1.165, 1.54) is 0 Å². The molecule has 1 aliphatic rings. The Bertz CT molecular complexity index is 321. The molecular weight excluding hydrogens is 190 g/mol. The van der Waals surface area contributed by atoms with Crippen molar-refractivity contribution in [3.05, 3.63) is 24.0 Å². The largest absolute Gasteiger partial charge is 0.359 e. The Morgan fingerprint density at radius 3 is 3.20 bits per heavy atom. The summed E-state index contributed by atoms with van der Waals surface area (Å²) in [6.07, 6.45) is 4.05. The molecule has 4 nitrogen and oxygen atoms in total. The molecular formula is C11H17N3O. The lowest BCUT2D eigenvalue weighted by molar-refractivity contribution is 0.0919. The number of carbonyl (C=O) groups is 1. The molecule has 82 valence electrons. The number of ketones is 1. The summed E-state index contributed by atoms with van der Waals surface area (Å²) >= 11 is 0. The monoisotopic (exact) mass is 207 g/mol. The van der Waals surface area contributed by atoms with Gasteiger partial charge >= 0.3 is 0 Å². The van der Waals surface area contributed by atoms with Gasteiger partial charge in [-0.15, -0.1) is 0 Å². The number of carbonyl (C=O) groups excluding carboxylic acids is 1. The van der Waals surface area contributed by atoms with Crippen LogP contribution in [-0.2, 0) is 0 Å². The highest BCUT2D eigenvalue weighted by molar-refractivity contribution is 5.95. The SMILES string of the molecule is NCC1CCCN1CC(=O)c1ccc[nH]1. The molecule has 0 aliphatic carbocycles. The van der Waals surface area contributed by atoms with Crippen molar-refractivity contribution in [1.82, 2.24) is 9.88 Å². The third-order valence-electron chi connectivity index (χ3n) is 3.02. The molecule has 1 aliphatic heterocycles. The minimum atomic E-state index is 0.153. The second-order valence-electron chi connectivity index (χ2n) is 4.01. The summed E-state index contributed by atoms with van der Waals surface area (Å²) in [7, 11) is 0. The molecule has 1 atom stereocenters. The van der Waals surface area contributed by atoms with Crippen LogP contribution in [0.25, 0.3) is 0 Å². The first kappa shape index (κ1) is 10.4. The van der Waals surface area contributed by atoms with E-state index in [9.17, 15) is 4.79 Å². The van der Waals surface area contributed by atoms with Crippen LogP contribution in [-0.4, -0.2) is 41.3 Å². The third kappa shape index (κ3) is 2.27. The van der Waals surface area contributed by atoms with E-state index in [1.807, 2.05) is 12.1 Å². The first-order valence-corrected chi connectivity index (χ1v) is 5.42. The van der Waals surface area contributed by atoms with Crippen molar-refractivity contribution in [3.8, 4) is 0 Å². The zero-order valence-corrected chi connectivity index (χ0v) is 8.78. The van der Waals surface area contributed by atoms with E-state index in [0.717, 1.165) is 19.4 Å². The molecule has 1 saturated heterocycles. The van der Waals surface area contributed by atoms with Crippen molar-refractivity contribution in [2.75, 3.05) is 19.6 Å². The summed E-state index contributed by atoms with van der Waals surface area (Å²) in [6, 6.07) is 4.05. The van der Waals surface area contributed by atoms with Crippen LogP contribution in [0.2, 0.25) is 0 Å². The second-order valence-corrected chi connectivity index (χ2v) is 4.01. The Hall–Kier alpha value is -1.13. The quantitative estimate of drug-likeness (QED) is 0.711. The average molecular weight is 207 g/mol. The molecule has 0 bridgehead atoms. The fourth-order valence-electron chi connectivity index (χ4n) is 2.14. The summed E-state index contributed by atoms with van der Waals surface area (Å²) in [6.45, 7) is 2.13. The molecule has 2 heterocycles. The van der Waals surface area contributed by atoms with Gasteiger partial charge in [-0.3, -0.25) is 9.69 Å². The standard InChI is InChI=1S/C11H17N3O/c12-7-9-3-2-6-14(9)8-11(15)10-4-1-5-13-10/h1,4-5,9,13H,2-3,6-8,12H2. The number of aromatic nitrogens is 1. The highest BCUT2D eigenvalue weighted by Gasteiger charge is 2.25. The fourth-order valence-corrected chi connectivity index (χ4v) is 2.14. The summed E-state index contributed by atoms with van der Waals surface area (Å²) in [5.41, 5.74) is 6.35. The van der Waals surface area contributed by atoms with Crippen molar-refractivity contribution < 1.29 is 4.79 Å². The van der Waals surface area contributed by atoms with Gasteiger partial charge in [0.25, 0.3) is 0 Å². The van der Waals surface area contributed by atoms with Crippen LogP contribution in [0.5, 0.6) is 0 Å². The van der Waals surface area contributed by atoms with Crippen LogP contribution in [0.3, 0.4) is 0 Å². The van der Waals surface area contributed by atoms with Crippen LogP contribution < -0.4 is 5.73 Å². The van der Waals surface area contributed by atoms with Crippen molar-refractivity contribution in [3.63, 3.8) is 0 Å². The molecule has 0 spiro atoms. The average Bonchev–Trinajstić information content (AvgIpc) is 2.87. The van der Waals surface area contributed by atoms with E-state index in [2.05, 4.69) is 9.88 Å². The summed E-state index contributed by atoms with van der Waals surface area (Å²) in [4.78, 5) is 16.9. The predicted octanol–water partition coefficient (Wildman–Crippen LogP) is 0.620. The molecule has 15 heavy (non-hydrogen) atoms. The number of rotatable bonds is 4. The number of likely N-dealkylation sites (tertiary alicyclic amines) is 1. The maximum absolute atomic E-state index is 11.8. The highest BCUT2D eigenvalue weighted by Crippen LogP contribution is 2.16. The molecule has 1 aromatic heterocycles. The normalized spacial score (nSPS) is 22.1. The first-order valence-electron chi connectivity index (χ1n) is 5.42. The molecule has 0 aromatic carbocycles. The Balaban J connectivity index is 1.94. The van der Waals surface area contributed by atoms with Gasteiger partial charge in [-0.1, -0.05) is 0 Å². The number of nitrogens with zero attached hydrogens (tertiary/aromatic N) is 1. The van der Waals surface area contributed by atoms with Crippen molar-refractivity contribution in [2.45, 2.75) is 18.9 Å². The highest BCUT2D eigenvalue weighted by atomic mass is 16.1. The van der Waals surface area contributed by atoms with Crippen molar-refractivity contribution >= 4 is 5.78 Å². The maximum Gasteiger partial charge on any atom is 0.192 e. The minimum Gasteiger partial charge on any atom is -0.359 e. The molecule has 0 saturated carbocycles. The Kier molecular flexibility index (Phi) is 3.18. The minimum absolute atomic E-state index is 0.153. The van der Waals surface area contributed by atoms with Crippen LogP contribution >= 0.6 is 0 Å². The predicted molar refractivity (Wildman–Crippen MR) is 58.8 cm³/mol. The zero-order chi connectivity index (χ0) is 10.7. The van der Waals surface area contributed by atoms with Crippen LogP contribution in [0.15, 0.2) is 18.3 Å². The molecule has 3 N–H and O–H groups in total. The van der Waals surface area contributed by atoms with Crippen molar-refractivity contribution in [1.29, 1.82) is 0 Å². The topological polar surface area (TPSA) is 62.1 Å². The smallest absolute Gasteiger partial charge is 0.192 e. The summed E-state index contributed by atoms with van der Waals surface area (Å²) < 4.78 is 0. The summed E-state index contributed by atoms with van der Waals surface area (Å²) in [5, 5.41) is 0. The first-order chi connectivity index (χ1) is 7.31. The number of aromatic amines is 1. The van der Waals surface area contributed by atoms with Crippen LogP contribution in [0.4, 0.5) is 0 Å². The number of nitrogens with two attached hydrogens (primary N) is 1. The van der Waals surface area contributed by atoms with E-state index in [-0.39, 0.29) is 5.78 Å². The second kappa shape index (κ2) is 4.59.